The van der Waals surface area contributed by atoms with Gasteiger partial charge in [-0.25, -0.2) is 4.79 Å². The summed E-state index contributed by atoms with van der Waals surface area (Å²) in [5.74, 6) is -1.24. The third-order valence-corrected chi connectivity index (χ3v) is 4.18. The summed E-state index contributed by atoms with van der Waals surface area (Å²) in [5.41, 5.74) is 0. The van der Waals surface area contributed by atoms with E-state index in [0.717, 1.165) is 6.42 Å². The Morgan fingerprint density at radius 3 is 3.00 bits per heavy atom. The maximum Gasteiger partial charge on any atom is 0.317 e. The van der Waals surface area contributed by atoms with Crippen molar-refractivity contribution < 1.29 is 14.7 Å². The van der Waals surface area contributed by atoms with Gasteiger partial charge in [0.1, 0.15) is 0 Å². The Morgan fingerprint density at radius 2 is 2.42 bits per heavy atom. The van der Waals surface area contributed by atoms with Crippen LogP contribution in [0.25, 0.3) is 0 Å². The number of carboxylic acid groups (broad SMARTS) is 1. The van der Waals surface area contributed by atoms with Gasteiger partial charge in [-0.05, 0) is 24.8 Å². The maximum atomic E-state index is 12.0. The van der Waals surface area contributed by atoms with Crippen molar-refractivity contribution in [2.75, 3.05) is 13.1 Å². The smallest absolute Gasteiger partial charge is 0.317 e. The highest BCUT2D eigenvalue weighted by atomic mass is 32.1. The summed E-state index contributed by atoms with van der Waals surface area (Å²) in [4.78, 5) is 25.6. The van der Waals surface area contributed by atoms with Gasteiger partial charge in [-0.2, -0.15) is 0 Å². The third-order valence-electron chi connectivity index (χ3n) is 3.28. The maximum absolute atomic E-state index is 12.0. The van der Waals surface area contributed by atoms with E-state index in [4.69, 9.17) is 5.11 Å². The van der Waals surface area contributed by atoms with Gasteiger partial charge < -0.3 is 15.3 Å². The van der Waals surface area contributed by atoms with Crippen LogP contribution in [0.3, 0.4) is 0 Å². The van der Waals surface area contributed by atoms with Crippen LogP contribution in [0.5, 0.6) is 0 Å². The molecule has 2 N–H and O–H groups in total. The van der Waals surface area contributed by atoms with Crippen molar-refractivity contribution in [3.05, 3.63) is 22.4 Å². The highest BCUT2D eigenvalue weighted by Crippen LogP contribution is 2.17. The molecule has 0 bridgehead atoms. The van der Waals surface area contributed by atoms with E-state index in [2.05, 4.69) is 5.32 Å². The molecular weight excluding hydrogens is 264 g/mol. The molecule has 5 nitrogen and oxygen atoms in total. The van der Waals surface area contributed by atoms with Crippen LogP contribution in [0.15, 0.2) is 17.5 Å². The summed E-state index contributed by atoms with van der Waals surface area (Å²) in [6.45, 7) is 2.80. The minimum atomic E-state index is -0.818. The lowest BCUT2D eigenvalue weighted by Crippen LogP contribution is -2.43. The number of hydrogen-bond acceptors (Lipinski definition) is 3. The van der Waals surface area contributed by atoms with Crippen LogP contribution in [0.4, 0.5) is 4.79 Å². The summed E-state index contributed by atoms with van der Waals surface area (Å²) in [6, 6.07) is 3.93. The topological polar surface area (TPSA) is 69.6 Å². The van der Waals surface area contributed by atoms with Gasteiger partial charge in [-0.1, -0.05) is 6.07 Å². The van der Waals surface area contributed by atoms with Crippen LogP contribution in [0, 0.1) is 5.92 Å². The summed E-state index contributed by atoms with van der Waals surface area (Å²) in [5, 5.41) is 13.8. The van der Waals surface area contributed by atoms with E-state index in [-0.39, 0.29) is 12.1 Å². The summed E-state index contributed by atoms with van der Waals surface area (Å²) in [6.07, 6.45) is 1.35. The molecule has 2 unspecified atom stereocenters. The van der Waals surface area contributed by atoms with E-state index in [1.54, 1.807) is 16.2 Å². The Labute approximate surface area is 116 Å². The molecular formula is C13H18N2O3S. The van der Waals surface area contributed by atoms with E-state index in [9.17, 15) is 9.59 Å². The monoisotopic (exact) mass is 282 g/mol. The number of carbonyl (C=O) groups is 2. The molecule has 19 heavy (non-hydrogen) atoms. The molecule has 0 aliphatic carbocycles. The first-order valence-corrected chi connectivity index (χ1v) is 7.25. The van der Waals surface area contributed by atoms with Crippen molar-refractivity contribution in [2.45, 2.75) is 25.8 Å². The number of aliphatic carboxylic acids is 1. The molecule has 2 rings (SSSR count). The van der Waals surface area contributed by atoms with Crippen molar-refractivity contribution in [2.24, 2.45) is 5.92 Å². The predicted octanol–water partition coefficient (Wildman–Crippen LogP) is 1.80. The van der Waals surface area contributed by atoms with Crippen LogP contribution in [0.1, 0.15) is 18.2 Å². The van der Waals surface area contributed by atoms with Crippen LogP contribution in [-0.2, 0) is 11.2 Å². The van der Waals surface area contributed by atoms with Crippen LogP contribution in [0.2, 0.25) is 0 Å². The Hall–Kier alpha value is -1.56. The largest absolute Gasteiger partial charge is 0.481 e. The molecule has 2 heterocycles. The van der Waals surface area contributed by atoms with Gasteiger partial charge in [-0.3, -0.25) is 4.79 Å². The van der Waals surface area contributed by atoms with Crippen molar-refractivity contribution in [3.63, 3.8) is 0 Å². The molecule has 0 aromatic carbocycles. The summed E-state index contributed by atoms with van der Waals surface area (Å²) >= 11 is 1.67. The second-order valence-corrected chi connectivity index (χ2v) is 5.94. The second kappa shape index (κ2) is 6.06. The highest BCUT2D eigenvalue weighted by molar-refractivity contribution is 7.09. The van der Waals surface area contributed by atoms with Gasteiger partial charge >= 0.3 is 12.0 Å². The van der Waals surface area contributed by atoms with E-state index < -0.39 is 11.9 Å². The predicted molar refractivity (Wildman–Crippen MR) is 73.3 cm³/mol. The van der Waals surface area contributed by atoms with Gasteiger partial charge in [0.2, 0.25) is 0 Å². The first-order chi connectivity index (χ1) is 9.06. The van der Waals surface area contributed by atoms with E-state index in [1.165, 1.54) is 4.88 Å². The molecule has 0 spiro atoms. The molecule has 6 heteroatoms. The average molecular weight is 282 g/mol. The van der Waals surface area contributed by atoms with Gasteiger partial charge in [-0.15, -0.1) is 11.3 Å². The Balaban J connectivity index is 1.79. The molecule has 0 saturated carbocycles. The number of nitrogens with zero attached hydrogens (tertiary/aromatic N) is 1. The number of hydrogen-bond donors (Lipinski definition) is 2. The average Bonchev–Trinajstić information content (AvgIpc) is 2.98. The lowest BCUT2D eigenvalue weighted by atomic mass is 10.1. The Morgan fingerprint density at radius 1 is 1.63 bits per heavy atom. The molecule has 104 valence electrons. The fraction of sp³-hybridized carbons (Fsp3) is 0.538. The van der Waals surface area contributed by atoms with Crippen LogP contribution in [-0.4, -0.2) is 41.1 Å². The molecule has 2 amide bonds. The Bertz CT molecular complexity index is 447. The van der Waals surface area contributed by atoms with Crippen molar-refractivity contribution in [3.8, 4) is 0 Å². The molecule has 1 aliphatic rings. The molecule has 1 fully saturated rings. The van der Waals surface area contributed by atoms with Crippen molar-refractivity contribution in [1.29, 1.82) is 0 Å². The number of nitrogens with one attached hydrogen (secondary N) is 1. The van der Waals surface area contributed by atoms with Gasteiger partial charge in [0.15, 0.2) is 0 Å². The van der Waals surface area contributed by atoms with Gasteiger partial charge in [0.05, 0.1) is 5.92 Å². The standard InChI is InChI=1S/C13H18N2O3S/c1-9(7-11-3-2-6-19-11)14-13(18)15-5-4-10(8-15)12(16)17/h2-3,6,9-10H,4-5,7-8H2,1H3,(H,14,18)(H,16,17). The zero-order chi connectivity index (χ0) is 13.8. The minimum Gasteiger partial charge on any atom is -0.481 e. The van der Waals surface area contributed by atoms with Gasteiger partial charge in [0, 0.05) is 30.4 Å². The number of thiophene rings is 1. The fourth-order valence-corrected chi connectivity index (χ4v) is 3.07. The first-order valence-electron chi connectivity index (χ1n) is 6.37. The molecule has 2 atom stereocenters. The van der Waals surface area contributed by atoms with Crippen molar-refractivity contribution >= 4 is 23.3 Å². The zero-order valence-corrected chi connectivity index (χ0v) is 11.7. The number of rotatable bonds is 4. The molecule has 1 saturated heterocycles. The number of carboxylic acids is 1. The number of amides is 2. The quantitative estimate of drug-likeness (QED) is 0.884. The van der Waals surface area contributed by atoms with Gasteiger partial charge in [0.25, 0.3) is 0 Å². The SMILES string of the molecule is CC(Cc1cccs1)NC(=O)N1CCC(C(=O)O)C1. The zero-order valence-electron chi connectivity index (χ0n) is 10.8. The fourth-order valence-electron chi connectivity index (χ4n) is 2.23. The van der Waals surface area contributed by atoms with E-state index in [0.29, 0.717) is 19.5 Å². The number of urea groups is 1. The highest BCUT2D eigenvalue weighted by Gasteiger charge is 2.31. The summed E-state index contributed by atoms with van der Waals surface area (Å²) in [7, 11) is 0. The normalized spacial score (nSPS) is 20.3. The van der Waals surface area contributed by atoms with Crippen LogP contribution >= 0.6 is 11.3 Å². The minimum absolute atomic E-state index is 0.0510. The number of likely N-dealkylation sites (tertiary alicyclic amines) is 1. The molecule has 1 aliphatic heterocycles. The molecule has 0 radical (unpaired) electrons. The van der Waals surface area contributed by atoms with Crippen molar-refractivity contribution in [1.82, 2.24) is 10.2 Å². The molecule has 1 aromatic heterocycles. The lowest BCUT2D eigenvalue weighted by molar-refractivity contribution is -0.141. The number of carbonyl (C=O) groups excluding carboxylic acids is 1. The third kappa shape index (κ3) is 3.70. The lowest BCUT2D eigenvalue weighted by Gasteiger charge is -2.20. The van der Waals surface area contributed by atoms with E-state index in [1.807, 2.05) is 24.4 Å². The second-order valence-electron chi connectivity index (χ2n) is 4.90. The first kappa shape index (κ1) is 13.9. The van der Waals surface area contributed by atoms with E-state index >= 15 is 0 Å². The Kier molecular flexibility index (Phi) is 4.42. The van der Waals surface area contributed by atoms with Crippen LogP contribution < -0.4 is 5.32 Å². The molecule has 1 aromatic rings. The summed E-state index contributed by atoms with van der Waals surface area (Å²) < 4.78 is 0.